The van der Waals surface area contributed by atoms with Crippen LogP contribution >= 0.6 is 0 Å². The molecule has 0 aromatic carbocycles. The Kier molecular flexibility index (Phi) is 4.05. The van der Waals surface area contributed by atoms with E-state index in [2.05, 4.69) is 10.3 Å². The fourth-order valence-corrected chi connectivity index (χ4v) is 1.86. The molecule has 1 fully saturated rings. The molecule has 0 aliphatic heterocycles. The minimum absolute atomic E-state index is 0.247. The molecule has 6 nitrogen and oxygen atoms in total. The third kappa shape index (κ3) is 2.90. The topological polar surface area (TPSA) is 107 Å². The van der Waals surface area contributed by atoms with Crippen LogP contribution in [0.5, 0.6) is 0 Å². The Morgan fingerprint density at radius 3 is 2.40 bits per heavy atom. The molecule has 0 heterocycles. The first kappa shape index (κ1) is 11.9. The maximum Gasteiger partial charge on any atom is 0.251 e. The van der Waals surface area contributed by atoms with Gasteiger partial charge in [-0.1, -0.05) is 12.8 Å². The van der Waals surface area contributed by atoms with Crippen LogP contribution in [0.25, 0.3) is 0 Å². The number of hydrogen-bond donors (Lipinski definition) is 3. The van der Waals surface area contributed by atoms with E-state index in [1.807, 2.05) is 0 Å². The fourth-order valence-electron chi connectivity index (χ4n) is 1.86. The number of carbonyl (C=O) groups is 2. The van der Waals surface area contributed by atoms with E-state index >= 15 is 0 Å². The highest BCUT2D eigenvalue weighted by molar-refractivity contribution is 5.82. The van der Waals surface area contributed by atoms with Gasteiger partial charge in [-0.3, -0.25) is 14.4 Å². The molecule has 86 valence electrons. The molecule has 0 aromatic heterocycles. The van der Waals surface area contributed by atoms with Crippen LogP contribution in [-0.4, -0.2) is 25.0 Å². The zero-order chi connectivity index (χ0) is 11.3. The first-order valence-electron chi connectivity index (χ1n) is 5.01. The second kappa shape index (κ2) is 5.09. The quantitative estimate of drug-likeness (QED) is 0.513. The first-order valence-corrected chi connectivity index (χ1v) is 5.01. The number of rotatable bonds is 5. The summed E-state index contributed by atoms with van der Waals surface area (Å²) >= 11 is 0. The third-order valence-corrected chi connectivity index (χ3v) is 2.81. The van der Waals surface area contributed by atoms with Gasteiger partial charge in [-0.05, 0) is 12.8 Å². The van der Waals surface area contributed by atoms with Gasteiger partial charge in [0.1, 0.15) is 0 Å². The molecule has 5 N–H and O–H groups in total. The van der Waals surface area contributed by atoms with Crippen molar-refractivity contribution in [2.45, 2.75) is 25.7 Å². The van der Waals surface area contributed by atoms with E-state index in [0.717, 1.165) is 25.7 Å². The van der Waals surface area contributed by atoms with Crippen molar-refractivity contribution in [3.8, 4) is 0 Å². The van der Waals surface area contributed by atoms with E-state index in [9.17, 15) is 9.59 Å². The number of hydroxylamine groups is 1. The van der Waals surface area contributed by atoms with Crippen molar-refractivity contribution in [1.82, 2.24) is 5.48 Å². The van der Waals surface area contributed by atoms with Gasteiger partial charge in [0, 0.05) is 6.54 Å². The summed E-state index contributed by atoms with van der Waals surface area (Å²) in [6.07, 6.45) is 3.55. The largest absolute Gasteiger partial charge is 0.368 e. The lowest BCUT2D eigenvalue weighted by molar-refractivity contribution is -0.146. The lowest BCUT2D eigenvalue weighted by atomic mass is 9.86. The van der Waals surface area contributed by atoms with Crippen LogP contribution < -0.4 is 16.9 Å². The number of nitrogens with two attached hydrogens (primary N) is 2. The lowest BCUT2D eigenvalue weighted by Crippen LogP contribution is -2.44. The number of carbonyl (C=O) groups excluding carboxylic acids is 2. The molecule has 0 aromatic rings. The molecule has 0 radical (unpaired) electrons. The monoisotopic (exact) mass is 215 g/mol. The van der Waals surface area contributed by atoms with Crippen molar-refractivity contribution >= 4 is 11.8 Å². The molecule has 1 aliphatic rings. The Hall–Kier alpha value is -1.14. The van der Waals surface area contributed by atoms with Crippen molar-refractivity contribution in [3.05, 3.63) is 0 Å². The molecule has 0 spiro atoms. The molecule has 1 rings (SSSR count). The van der Waals surface area contributed by atoms with Crippen LogP contribution in [0.15, 0.2) is 0 Å². The molecular weight excluding hydrogens is 198 g/mol. The van der Waals surface area contributed by atoms with Gasteiger partial charge in [-0.15, -0.1) is 0 Å². The molecule has 2 amide bonds. The smallest absolute Gasteiger partial charge is 0.251 e. The molecule has 0 atom stereocenters. The van der Waals surface area contributed by atoms with Gasteiger partial charge in [0.2, 0.25) is 5.91 Å². The van der Waals surface area contributed by atoms with Gasteiger partial charge in [0.05, 0.1) is 5.41 Å². The van der Waals surface area contributed by atoms with E-state index in [1.165, 1.54) is 0 Å². The highest BCUT2D eigenvalue weighted by Gasteiger charge is 2.40. The average molecular weight is 215 g/mol. The predicted molar refractivity (Wildman–Crippen MR) is 53.2 cm³/mol. The Labute approximate surface area is 88.3 Å². The number of hydrogen-bond acceptors (Lipinski definition) is 4. The van der Waals surface area contributed by atoms with Crippen LogP contribution in [-0.2, 0) is 14.4 Å². The standard InChI is InChI=1S/C9H17N3O3/c10-6-9(3-1-2-4-9)8(14)12-15-5-7(11)13/h1-6,10H2,(H2,11,13)(H,12,14). The van der Waals surface area contributed by atoms with Gasteiger partial charge >= 0.3 is 0 Å². The summed E-state index contributed by atoms with van der Waals surface area (Å²) in [5, 5.41) is 0. The van der Waals surface area contributed by atoms with E-state index < -0.39 is 11.3 Å². The van der Waals surface area contributed by atoms with Crippen LogP contribution in [0.1, 0.15) is 25.7 Å². The summed E-state index contributed by atoms with van der Waals surface area (Å²) in [6, 6.07) is 0. The normalized spacial score (nSPS) is 18.7. The zero-order valence-corrected chi connectivity index (χ0v) is 8.62. The molecule has 1 aliphatic carbocycles. The summed E-state index contributed by atoms with van der Waals surface area (Å²) in [4.78, 5) is 26.8. The Morgan fingerprint density at radius 1 is 1.33 bits per heavy atom. The summed E-state index contributed by atoms with van der Waals surface area (Å²) in [6.45, 7) is -0.00877. The maximum absolute atomic E-state index is 11.7. The molecule has 1 saturated carbocycles. The van der Waals surface area contributed by atoms with Crippen LogP contribution in [0.3, 0.4) is 0 Å². The predicted octanol–water partition coefficient (Wildman–Crippen LogP) is -0.961. The van der Waals surface area contributed by atoms with Crippen LogP contribution in [0, 0.1) is 5.41 Å². The molecule has 15 heavy (non-hydrogen) atoms. The van der Waals surface area contributed by atoms with E-state index in [0.29, 0.717) is 6.54 Å². The molecule has 0 unspecified atom stereocenters. The van der Waals surface area contributed by atoms with Crippen molar-refractivity contribution in [1.29, 1.82) is 0 Å². The van der Waals surface area contributed by atoms with Crippen molar-refractivity contribution in [2.75, 3.05) is 13.2 Å². The average Bonchev–Trinajstić information content (AvgIpc) is 2.66. The second-order valence-electron chi connectivity index (χ2n) is 3.88. The van der Waals surface area contributed by atoms with Gasteiger partial charge < -0.3 is 11.5 Å². The summed E-state index contributed by atoms with van der Waals surface area (Å²) in [5.74, 6) is -0.868. The van der Waals surface area contributed by atoms with Gasteiger partial charge in [0.25, 0.3) is 5.91 Å². The lowest BCUT2D eigenvalue weighted by Gasteiger charge is -2.24. The molecule has 0 bridgehead atoms. The Morgan fingerprint density at radius 2 is 1.93 bits per heavy atom. The van der Waals surface area contributed by atoms with Gasteiger partial charge in [-0.2, -0.15) is 0 Å². The zero-order valence-electron chi connectivity index (χ0n) is 8.62. The fraction of sp³-hybridized carbons (Fsp3) is 0.778. The third-order valence-electron chi connectivity index (χ3n) is 2.81. The number of primary amides is 1. The number of amides is 2. The van der Waals surface area contributed by atoms with Crippen molar-refractivity contribution in [2.24, 2.45) is 16.9 Å². The van der Waals surface area contributed by atoms with Crippen LogP contribution in [0.2, 0.25) is 0 Å². The highest BCUT2D eigenvalue weighted by atomic mass is 16.7. The second-order valence-corrected chi connectivity index (χ2v) is 3.88. The SMILES string of the molecule is NCC1(C(=O)NOCC(N)=O)CCCC1. The van der Waals surface area contributed by atoms with Crippen LogP contribution in [0.4, 0.5) is 0 Å². The van der Waals surface area contributed by atoms with Gasteiger partial charge in [0.15, 0.2) is 6.61 Å². The summed E-state index contributed by atoms with van der Waals surface area (Å²) in [5.41, 5.74) is 12.2. The minimum Gasteiger partial charge on any atom is -0.368 e. The van der Waals surface area contributed by atoms with E-state index in [4.69, 9.17) is 11.5 Å². The molecule has 6 heteroatoms. The summed E-state index contributed by atoms with van der Waals surface area (Å²) < 4.78 is 0. The maximum atomic E-state index is 11.7. The van der Waals surface area contributed by atoms with E-state index in [-0.39, 0.29) is 12.5 Å². The number of nitrogens with one attached hydrogen (secondary N) is 1. The van der Waals surface area contributed by atoms with Gasteiger partial charge in [-0.25, -0.2) is 5.48 Å². The van der Waals surface area contributed by atoms with Crippen molar-refractivity contribution in [3.63, 3.8) is 0 Å². The highest BCUT2D eigenvalue weighted by Crippen LogP contribution is 2.37. The first-order chi connectivity index (χ1) is 7.10. The molecule has 0 saturated heterocycles. The Balaban J connectivity index is 2.40. The van der Waals surface area contributed by atoms with Crippen molar-refractivity contribution < 1.29 is 14.4 Å². The summed E-state index contributed by atoms with van der Waals surface area (Å²) in [7, 11) is 0. The van der Waals surface area contributed by atoms with E-state index in [1.54, 1.807) is 0 Å². The Bertz CT molecular complexity index is 249. The minimum atomic E-state index is -0.622. The molecular formula is C9H17N3O3.